The van der Waals surface area contributed by atoms with Gasteiger partial charge in [0.1, 0.15) is 5.70 Å². The van der Waals surface area contributed by atoms with Gasteiger partial charge in [-0.3, -0.25) is 14.4 Å². The van der Waals surface area contributed by atoms with Crippen molar-refractivity contribution in [1.29, 1.82) is 0 Å². The summed E-state index contributed by atoms with van der Waals surface area (Å²) in [6, 6.07) is 14.3. The van der Waals surface area contributed by atoms with Crippen LogP contribution < -0.4 is 10.2 Å². The van der Waals surface area contributed by atoms with Crippen LogP contribution in [0.3, 0.4) is 0 Å². The summed E-state index contributed by atoms with van der Waals surface area (Å²) < 4.78 is 1.83. The van der Waals surface area contributed by atoms with Crippen LogP contribution in [0, 0.1) is 0 Å². The molecule has 0 aliphatic carbocycles. The molecule has 1 aromatic heterocycles. The van der Waals surface area contributed by atoms with Gasteiger partial charge in [-0.2, -0.15) is 5.10 Å². The highest BCUT2D eigenvalue weighted by molar-refractivity contribution is 6.17. The number of rotatable bonds is 3. The smallest absolute Gasteiger partial charge is 0.279 e. The molecule has 0 unspecified atom stereocenters. The van der Waals surface area contributed by atoms with E-state index in [9.17, 15) is 4.79 Å². The van der Waals surface area contributed by atoms with Gasteiger partial charge in [0.15, 0.2) is 0 Å². The molecule has 0 atom stereocenters. The zero-order valence-electron chi connectivity index (χ0n) is 18.6. The lowest BCUT2D eigenvalue weighted by atomic mass is 10.1. The van der Waals surface area contributed by atoms with Crippen molar-refractivity contribution < 1.29 is 4.79 Å². The third-order valence-electron chi connectivity index (χ3n) is 6.13. The van der Waals surface area contributed by atoms with Gasteiger partial charge in [-0.25, -0.2) is 4.99 Å². The molecule has 164 valence electrons. The molecule has 3 heterocycles. The molecule has 5 rings (SSSR count). The number of amides is 1. The topological polar surface area (TPSA) is 69.0 Å². The number of aromatic nitrogens is 2. The van der Waals surface area contributed by atoms with Crippen LogP contribution in [0.2, 0.25) is 0 Å². The van der Waals surface area contributed by atoms with E-state index in [0.29, 0.717) is 11.7 Å². The standard InChI is InChI=1S/C24H27N7O/c1-28-10-12-31(13-11-28)20-7-5-19(6-8-20)26-24-27-21(23(32)29(24)2)15-17-4-9-22-18(14-17)16-25-30(22)3/h4-9,14-16H,10-13H2,1-3H3,(H,26,27)/b21-15-. The van der Waals surface area contributed by atoms with Gasteiger partial charge in [0.25, 0.3) is 5.91 Å². The number of aliphatic imine (C=N–C) groups is 1. The summed E-state index contributed by atoms with van der Waals surface area (Å²) in [5.41, 5.74) is 4.50. The normalized spacial score (nSPS) is 18.7. The van der Waals surface area contributed by atoms with E-state index < -0.39 is 0 Å². The SMILES string of the molecule is CN1CCN(c2ccc(NC3=N/C(=C\c4ccc5c(cnn5C)c4)C(=O)N3C)cc2)CC1. The van der Waals surface area contributed by atoms with Crippen molar-refractivity contribution in [1.82, 2.24) is 19.6 Å². The van der Waals surface area contributed by atoms with E-state index in [1.807, 2.05) is 54.3 Å². The van der Waals surface area contributed by atoms with Gasteiger partial charge in [0.2, 0.25) is 5.96 Å². The second-order valence-corrected chi connectivity index (χ2v) is 8.38. The average Bonchev–Trinajstić information content (AvgIpc) is 3.29. The summed E-state index contributed by atoms with van der Waals surface area (Å²) in [6.45, 7) is 4.22. The van der Waals surface area contributed by atoms with Crippen LogP contribution in [0.4, 0.5) is 11.4 Å². The van der Waals surface area contributed by atoms with Gasteiger partial charge in [-0.05, 0) is 55.1 Å². The Morgan fingerprint density at radius 2 is 1.72 bits per heavy atom. The predicted octanol–water partition coefficient (Wildman–Crippen LogP) is 2.61. The molecular weight excluding hydrogens is 402 g/mol. The van der Waals surface area contributed by atoms with Crippen molar-refractivity contribution >= 4 is 40.2 Å². The molecule has 32 heavy (non-hydrogen) atoms. The fraction of sp³-hybridized carbons (Fsp3) is 0.292. The van der Waals surface area contributed by atoms with Gasteiger partial charge < -0.3 is 15.1 Å². The Morgan fingerprint density at radius 3 is 2.47 bits per heavy atom. The fourth-order valence-corrected chi connectivity index (χ4v) is 4.09. The molecule has 0 radical (unpaired) electrons. The Hall–Kier alpha value is -3.65. The monoisotopic (exact) mass is 429 g/mol. The maximum absolute atomic E-state index is 12.7. The molecule has 1 saturated heterocycles. The summed E-state index contributed by atoms with van der Waals surface area (Å²) in [5, 5.41) is 8.58. The Kier molecular flexibility index (Phi) is 5.14. The minimum absolute atomic E-state index is 0.132. The Balaban J connectivity index is 1.32. The number of carbonyl (C=O) groups is 1. The maximum atomic E-state index is 12.7. The average molecular weight is 430 g/mol. The molecule has 0 saturated carbocycles. The van der Waals surface area contributed by atoms with Crippen LogP contribution >= 0.6 is 0 Å². The Labute approximate surface area is 187 Å². The first-order valence-corrected chi connectivity index (χ1v) is 10.8. The lowest BCUT2D eigenvalue weighted by molar-refractivity contribution is -0.121. The van der Waals surface area contributed by atoms with E-state index in [-0.39, 0.29) is 5.91 Å². The van der Waals surface area contributed by atoms with Crippen molar-refractivity contribution in [2.24, 2.45) is 12.0 Å². The van der Waals surface area contributed by atoms with Crippen molar-refractivity contribution in [2.75, 3.05) is 50.5 Å². The van der Waals surface area contributed by atoms with E-state index >= 15 is 0 Å². The van der Waals surface area contributed by atoms with E-state index in [2.05, 4.69) is 44.4 Å². The number of carbonyl (C=O) groups excluding carboxylic acids is 1. The first-order valence-electron chi connectivity index (χ1n) is 10.8. The lowest BCUT2D eigenvalue weighted by Crippen LogP contribution is -2.44. The second kappa shape index (κ2) is 8.12. The summed E-state index contributed by atoms with van der Waals surface area (Å²) in [5.74, 6) is 0.392. The number of likely N-dealkylation sites (N-methyl/N-ethyl adjacent to an activating group) is 2. The van der Waals surface area contributed by atoms with Gasteiger partial charge in [0.05, 0.1) is 11.7 Å². The highest BCUT2D eigenvalue weighted by Gasteiger charge is 2.27. The van der Waals surface area contributed by atoms with E-state index in [1.54, 1.807) is 11.9 Å². The van der Waals surface area contributed by atoms with E-state index in [4.69, 9.17) is 0 Å². The lowest BCUT2D eigenvalue weighted by Gasteiger charge is -2.34. The molecule has 2 aliphatic heterocycles. The second-order valence-electron chi connectivity index (χ2n) is 8.38. The van der Waals surface area contributed by atoms with Crippen LogP contribution in [0.1, 0.15) is 5.56 Å². The van der Waals surface area contributed by atoms with Gasteiger partial charge >= 0.3 is 0 Å². The van der Waals surface area contributed by atoms with Gasteiger partial charge in [0, 0.05) is 57.0 Å². The summed E-state index contributed by atoms with van der Waals surface area (Å²) in [6.07, 6.45) is 3.64. The minimum atomic E-state index is -0.132. The maximum Gasteiger partial charge on any atom is 0.279 e. The summed E-state index contributed by atoms with van der Waals surface area (Å²) >= 11 is 0. The third-order valence-corrected chi connectivity index (χ3v) is 6.13. The summed E-state index contributed by atoms with van der Waals surface area (Å²) in [4.78, 5) is 23.6. The zero-order valence-corrected chi connectivity index (χ0v) is 18.6. The molecule has 8 nitrogen and oxygen atoms in total. The molecule has 2 aliphatic rings. The van der Waals surface area contributed by atoms with Crippen LogP contribution in [0.25, 0.3) is 17.0 Å². The van der Waals surface area contributed by atoms with Crippen LogP contribution in [-0.2, 0) is 11.8 Å². The number of nitrogens with zero attached hydrogens (tertiary/aromatic N) is 6. The third kappa shape index (κ3) is 3.85. The molecular formula is C24H27N7O. The van der Waals surface area contributed by atoms with Crippen molar-refractivity contribution in [3.05, 3.63) is 59.9 Å². The van der Waals surface area contributed by atoms with Crippen molar-refractivity contribution in [3.8, 4) is 0 Å². The Morgan fingerprint density at radius 1 is 0.969 bits per heavy atom. The first-order chi connectivity index (χ1) is 15.5. The number of aryl methyl sites for hydroxylation is 1. The number of hydrogen-bond donors (Lipinski definition) is 1. The molecule has 2 aromatic carbocycles. The van der Waals surface area contributed by atoms with Gasteiger partial charge in [-0.1, -0.05) is 6.07 Å². The zero-order chi connectivity index (χ0) is 22.2. The number of benzene rings is 2. The number of hydrogen-bond acceptors (Lipinski definition) is 6. The van der Waals surface area contributed by atoms with Crippen LogP contribution in [0.5, 0.6) is 0 Å². The molecule has 8 heteroatoms. The molecule has 1 fully saturated rings. The highest BCUT2D eigenvalue weighted by Crippen LogP contribution is 2.23. The summed E-state index contributed by atoms with van der Waals surface area (Å²) in [7, 11) is 5.80. The molecule has 0 bridgehead atoms. The highest BCUT2D eigenvalue weighted by atomic mass is 16.2. The number of fused-ring (bicyclic) bond motifs is 1. The number of guanidine groups is 1. The number of piperazine rings is 1. The molecule has 3 aromatic rings. The minimum Gasteiger partial charge on any atom is -0.369 e. The van der Waals surface area contributed by atoms with Crippen molar-refractivity contribution in [2.45, 2.75) is 0 Å². The van der Waals surface area contributed by atoms with E-state index in [0.717, 1.165) is 48.3 Å². The van der Waals surface area contributed by atoms with Crippen molar-refractivity contribution in [3.63, 3.8) is 0 Å². The number of nitrogens with one attached hydrogen (secondary N) is 1. The van der Waals surface area contributed by atoms with Crippen LogP contribution in [0.15, 0.2) is 59.4 Å². The first kappa shape index (κ1) is 20.3. The quantitative estimate of drug-likeness (QED) is 0.649. The molecule has 1 amide bonds. The van der Waals surface area contributed by atoms with E-state index in [1.165, 1.54) is 5.69 Å². The van der Waals surface area contributed by atoms with Gasteiger partial charge in [-0.15, -0.1) is 0 Å². The number of anilines is 2. The molecule has 1 N–H and O–H groups in total. The van der Waals surface area contributed by atoms with Crippen LogP contribution in [-0.4, -0.2) is 71.7 Å². The Bertz CT molecular complexity index is 1220. The largest absolute Gasteiger partial charge is 0.369 e. The molecule has 0 spiro atoms. The predicted molar refractivity (Wildman–Crippen MR) is 129 cm³/mol. The fourth-order valence-electron chi connectivity index (χ4n) is 4.09.